The van der Waals surface area contributed by atoms with Gasteiger partial charge in [-0.3, -0.25) is 4.72 Å². The van der Waals surface area contributed by atoms with E-state index in [0.717, 1.165) is 0 Å². The SMILES string of the molecule is O=S(=O)(CCCO)Nc1c(Cl)cc(Cl)cc1Cl. The minimum absolute atomic E-state index is 0.0932. The molecule has 0 fully saturated rings. The molecule has 0 amide bonds. The van der Waals surface area contributed by atoms with Crippen molar-refractivity contribution in [1.82, 2.24) is 0 Å². The molecule has 8 heteroatoms. The number of hydrogen-bond acceptors (Lipinski definition) is 3. The van der Waals surface area contributed by atoms with E-state index in [4.69, 9.17) is 39.9 Å². The van der Waals surface area contributed by atoms with Gasteiger partial charge in [0.2, 0.25) is 10.0 Å². The predicted octanol–water partition coefficient (Wildman–Crippen LogP) is 2.77. The quantitative estimate of drug-likeness (QED) is 0.877. The van der Waals surface area contributed by atoms with Crippen molar-refractivity contribution in [2.45, 2.75) is 6.42 Å². The van der Waals surface area contributed by atoms with Crippen LogP contribution in [-0.4, -0.2) is 25.9 Å². The van der Waals surface area contributed by atoms with Crippen LogP contribution in [0, 0.1) is 0 Å². The molecule has 0 saturated heterocycles. The molecule has 0 aliphatic heterocycles. The Balaban J connectivity index is 2.96. The van der Waals surface area contributed by atoms with Gasteiger partial charge in [-0.1, -0.05) is 34.8 Å². The molecule has 4 nitrogen and oxygen atoms in total. The maximum absolute atomic E-state index is 11.6. The fraction of sp³-hybridized carbons (Fsp3) is 0.333. The summed E-state index contributed by atoms with van der Waals surface area (Å²) in [6.07, 6.45) is 0.137. The van der Waals surface area contributed by atoms with Crippen molar-refractivity contribution >= 4 is 50.5 Å². The van der Waals surface area contributed by atoms with Crippen molar-refractivity contribution < 1.29 is 13.5 Å². The first-order valence-corrected chi connectivity index (χ1v) is 7.40. The van der Waals surface area contributed by atoms with Crippen LogP contribution in [0.1, 0.15) is 6.42 Å². The Hall–Kier alpha value is -0.200. The third kappa shape index (κ3) is 4.52. The number of sulfonamides is 1. The molecule has 0 bridgehead atoms. The highest BCUT2D eigenvalue weighted by Gasteiger charge is 2.15. The summed E-state index contributed by atoms with van der Waals surface area (Å²) in [5.74, 6) is -0.210. The molecule has 96 valence electrons. The van der Waals surface area contributed by atoms with Crippen molar-refractivity contribution in [2.24, 2.45) is 0 Å². The van der Waals surface area contributed by atoms with E-state index >= 15 is 0 Å². The lowest BCUT2D eigenvalue weighted by Gasteiger charge is -2.11. The first kappa shape index (κ1) is 14.9. The Kier molecular flexibility index (Phi) is 5.34. The number of nitrogens with one attached hydrogen (secondary N) is 1. The maximum atomic E-state index is 11.6. The second-order valence-electron chi connectivity index (χ2n) is 3.24. The lowest BCUT2D eigenvalue weighted by atomic mass is 10.3. The number of hydrogen-bond donors (Lipinski definition) is 2. The van der Waals surface area contributed by atoms with Crippen LogP contribution < -0.4 is 4.72 Å². The molecule has 0 aliphatic carbocycles. The van der Waals surface area contributed by atoms with Crippen LogP contribution in [0.3, 0.4) is 0 Å². The molecule has 2 N–H and O–H groups in total. The number of aliphatic hydroxyl groups is 1. The summed E-state index contributed by atoms with van der Waals surface area (Å²) in [6.45, 7) is -0.205. The molecule has 0 aromatic heterocycles. The molecular formula is C9H10Cl3NO3S. The highest BCUT2D eigenvalue weighted by Crippen LogP contribution is 2.34. The van der Waals surface area contributed by atoms with Gasteiger partial charge in [0.05, 0.1) is 21.5 Å². The van der Waals surface area contributed by atoms with Crippen molar-refractivity contribution in [2.75, 3.05) is 17.1 Å². The monoisotopic (exact) mass is 317 g/mol. The first-order valence-electron chi connectivity index (χ1n) is 4.61. The van der Waals surface area contributed by atoms with Gasteiger partial charge in [-0.25, -0.2) is 8.42 Å². The molecule has 0 heterocycles. The maximum Gasteiger partial charge on any atom is 0.232 e. The predicted molar refractivity (Wildman–Crippen MR) is 70.6 cm³/mol. The van der Waals surface area contributed by atoms with Gasteiger partial charge in [0.1, 0.15) is 0 Å². The smallest absolute Gasteiger partial charge is 0.232 e. The van der Waals surface area contributed by atoms with Crippen molar-refractivity contribution in [1.29, 1.82) is 0 Å². The average molecular weight is 319 g/mol. The minimum atomic E-state index is -3.58. The number of benzene rings is 1. The van der Waals surface area contributed by atoms with E-state index in [9.17, 15) is 8.42 Å². The summed E-state index contributed by atoms with van der Waals surface area (Å²) < 4.78 is 25.4. The molecule has 1 aromatic rings. The summed E-state index contributed by atoms with van der Waals surface area (Å²) in [5.41, 5.74) is 0.0932. The van der Waals surface area contributed by atoms with Crippen LogP contribution in [0.2, 0.25) is 15.1 Å². The lowest BCUT2D eigenvalue weighted by Crippen LogP contribution is -2.18. The molecular weight excluding hydrogens is 309 g/mol. The average Bonchev–Trinajstić information content (AvgIpc) is 2.21. The standard InChI is InChI=1S/C9H10Cl3NO3S/c10-6-4-7(11)9(8(12)5-6)13-17(15,16)3-1-2-14/h4-5,13-14H,1-3H2. The zero-order chi connectivity index (χ0) is 13.1. The summed E-state index contributed by atoms with van der Waals surface area (Å²) >= 11 is 17.4. The van der Waals surface area contributed by atoms with E-state index in [2.05, 4.69) is 4.72 Å². The summed E-state index contributed by atoms with van der Waals surface area (Å²) in [6, 6.07) is 2.78. The van der Waals surface area contributed by atoms with Gasteiger partial charge in [-0.2, -0.15) is 0 Å². The van der Waals surface area contributed by atoms with Crippen LogP contribution in [0.5, 0.6) is 0 Å². The highest BCUT2D eigenvalue weighted by molar-refractivity contribution is 7.92. The normalized spacial score (nSPS) is 11.5. The van der Waals surface area contributed by atoms with Gasteiger partial charge in [0.15, 0.2) is 0 Å². The zero-order valence-corrected chi connectivity index (χ0v) is 11.7. The fourth-order valence-corrected chi connectivity index (χ4v) is 3.27. The molecule has 0 spiro atoms. The molecule has 0 radical (unpaired) electrons. The summed E-state index contributed by atoms with van der Waals surface area (Å²) in [5, 5.41) is 9.14. The van der Waals surface area contributed by atoms with Gasteiger partial charge in [0.25, 0.3) is 0 Å². The van der Waals surface area contributed by atoms with E-state index < -0.39 is 10.0 Å². The largest absolute Gasteiger partial charge is 0.396 e. The van der Waals surface area contributed by atoms with Crippen molar-refractivity contribution in [3.05, 3.63) is 27.2 Å². The Labute approximate surface area is 115 Å². The lowest BCUT2D eigenvalue weighted by molar-refractivity contribution is 0.295. The van der Waals surface area contributed by atoms with E-state index in [1.54, 1.807) is 0 Å². The summed E-state index contributed by atoms with van der Waals surface area (Å²) in [4.78, 5) is 0. The Morgan fingerprint density at radius 2 is 1.71 bits per heavy atom. The summed E-state index contributed by atoms with van der Waals surface area (Å²) in [7, 11) is -3.58. The van der Waals surface area contributed by atoms with Gasteiger partial charge >= 0.3 is 0 Å². The van der Waals surface area contributed by atoms with Gasteiger partial charge < -0.3 is 5.11 Å². The van der Waals surface area contributed by atoms with Crippen LogP contribution in [0.4, 0.5) is 5.69 Å². The number of anilines is 1. The Morgan fingerprint density at radius 3 is 2.18 bits per heavy atom. The molecule has 0 saturated carbocycles. The van der Waals surface area contributed by atoms with Crippen molar-refractivity contribution in [3.63, 3.8) is 0 Å². The molecule has 0 unspecified atom stereocenters. The molecule has 0 atom stereocenters. The second kappa shape index (κ2) is 6.11. The van der Waals surface area contributed by atoms with Gasteiger partial charge in [-0.15, -0.1) is 0 Å². The molecule has 1 aromatic carbocycles. The topological polar surface area (TPSA) is 66.4 Å². The highest BCUT2D eigenvalue weighted by atomic mass is 35.5. The minimum Gasteiger partial charge on any atom is -0.396 e. The number of rotatable bonds is 5. The third-order valence-electron chi connectivity index (χ3n) is 1.84. The van der Waals surface area contributed by atoms with Gasteiger partial charge in [-0.05, 0) is 18.6 Å². The molecule has 1 rings (SSSR count). The third-order valence-corrected chi connectivity index (χ3v) is 3.99. The Morgan fingerprint density at radius 1 is 1.18 bits per heavy atom. The number of aliphatic hydroxyl groups excluding tert-OH is 1. The van der Waals surface area contributed by atoms with Crippen molar-refractivity contribution in [3.8, 4) is 0 Å². The Bertz CT molecular complexity index is 481. The first-order chi connectivity index (χ1) is 7.85. The van der Waals surface area contributed by atoms with E-state index in [-0.39, 0.29) is 34.5 Å². The van der Waals surface area contributed by atoms with E-state index in [1.807, 2.05) is 0 Å². The van der Waals surface area contributed by atoms with Crippen LogP contribution in [0.25, 0.3) is 0 Å². The fourth-order valence-electron chi connectivity index (χ4n) is 1.10. The van der Waals surface area contributed by atoms with Crippen LogP contribution in [-0.2, 0) is 10.0 Å². The molecule has 0 aliphatic rings. The second-order valence-corrected chi connectivity index (χ2v) is 6.34. The van der Waals surface area contributed by atoms with E-state index in [1.165, 1.54) is 12.1 Å². The van der Waals surface area contributed by atoms with Crippen LogP contribution >= 0.6 is 34.8 Å². The number of halogens is 3. The molecule has 17 heavy (non-hydrogen) atoms. The van der Waals surface area contributed by atoms with E-state index in [0.29, 0.717) is 5.02 Å². The zero-order valence-electron chi connectivity index (χ0n) is 8.58. The van der Waals surface area contributed by atoms with Crippen LogP contribution in [0.15, 0.2) is 12.1 Å². The van der Waals surface area contributed by atoms with Gasteiger partial charge in [0, 0.05) is 11.6 Å².